The number of nitrogens with zero attached hydrogens (tertiary/aromatic N) is 3. The third-order valence-electron chi connectivity index (χ3n) is 4.33. The summed E-state index contributed by atoms with van der Waals surface area (Å²) in [6, 6.07) is 0. The van der Waals surface area contributed by atoms with Gasteiger partial charge in [-0.3, -0.25) is 4.79 Å². The van der Waals surface area contributed by atoms with Crippen molar-refractivity contribution in [1.29, 1.82) is 0 Å². The first kappa shape index (κ1) is 17.7. The van der Waals surface area contributed by atoms with Crippen LogP contribution in [-0.4, -0.2) is 93.7 Å². The maximum atomic E-state index is 12.2. The highest BCUT2D eigenvalue weighted by Gasteiger charge is 2.26. The molecule has 2 saturated heterocycles. The Kier molecular flexibility index (Phi) is 6.19. The monoisotopic (exact) mass is 333 g/mol. The molecule has 128 valence electrons. The highest BCUT2D eigenvalue weighted by atomic mass is 32.2. The quantitative estimate of drug-likeness (QED) is 0.661. The lowest BCUT2D eigenvalue weighted by atomic mass is 10.2. The van der Waals surface area contributed by atoms with Gasteiger partial charge < -0.3 is 14.5 Å². The number of hydrogen-bond donors (Lipinski definition) is 0. The minimum absolute atomic E-state index is 0.0338. The van der Waals surface area contributed by atoms with Gasteiger partial charge in [0.15, 0.2) is 0 Å². The number of likely N-dealkylation sites (N-methyl/N-ethyl adjacent to an activating group) is 1. The van der Waals surface area contributed by atoms with Crippen LogP contribution in [0.4, 0.5) is 0 Å². The molecule has 8 heteroatoms. The number of carbonyl (C=O) groups is 1. The molecule has 0 aliphatic carbocycles. The van der Waals surface area contributed by atoms with Crippen LogP contribution in [0.15, 0.2) is 0 Å². The Morgan fingerprint density at radius 3 is 2.50 bits per heavy atom. The smallest absolute Gasteiger partial charge is 0.223 e. The van der Waals surface area contributed by atoms with Crippen molar-refractivity contribution in [3.63, 3.8) is 0 Å². The molecular formula is C14H27N3O4S. The predicted octanol–water partition coefficient (Wildman–Crippen LogP) is -0.409. The van der Waals surface area contributed by atoms with Crippen molar-refractivity contribution in [3.8, 4) is 0 Å². The Hall–Kier alpha value is -0.700. The summed E-state index contributed by atoms with van der Waals surface area (Å²) >= 11 is 0. The van der Waals surface area contributed by atoms with E-state index in [-0.39, 0.29) is 25.0 Å². The first-order valence-electron chi connectivity index (χ1n) is 7.89. The highest BCUT2D eigenvalue weighted by Crippen LogP contribution is 2.15. The maximum Gasteiger partial charge on any atom is 0.223 e. The first-order valence-corrected chi connectivity index (χ1v) is 9.74. The van der Waals surface area contributed by atoms with Crippen LogP contribution >= 0.6 is 0 Å². The minimum atomic E-state index is -3.31. The van der Waals surface area contributed by atoms with Gasteiger partial charge in [0.2, 0.25) is 15.9 Å². The molecule has 0 N–H and O–H groups in total. The fourth-order valence-corrected chi connectivity index (χ4v) is 3.70. The van der Waals surface area contributed by atoms with Crippen LogP contribution in [0, 0.1) is 0 Å². The molecule has 0 radical (unpaired) electrons. The Bertz CT molecular complexity index is 468. The van der Waals surface area contributed by atoms with E-state index in [9.17, 15) is 13.2 Å². The minimum Gasteiger partial charge on any atom is -0.377 e. The van der Waals surface area contributed by atoms with Gasteiger partial charge in [0, 0.05) is 52.3 Å². The molecule has 2 aliphatic heterocycles. The lowest BCUT2D eigenvalue weighted by Crippen LogP contribution is -2.48. The second-order valence-electron chi connectivity index (χ2n) is 6.19. The van der Waals surface area contributed by atoms with Crippen molar-refractivity contribution in [2.45, 2.75) is 25.4 Å². The van der Waals surface area contributed by atoms with Crippen molar-refractivity contribution in [2.75, 3.05) is 59.2 Å². The van der Waals surface area contributed by atoms with Gasteiger partial charge in [-0.2, -0.15) is 4.31 Å². The largest absolute Gasteiger partial charge is 0.377 e. The summed E-state index contributed by atoms with van der Waals surface area (Å²) in [5.41, 5.74) is 0. The summed E-state index contributed by atoms with van der Waals surface area (Å²) in [6.45, 7) is 4.48. The maximum absolute atomic E-state index is 12.2. The summed E-state index contributed by atoms with van der Waals surface area (Å²) in [7, 11) is -1.28. The topological polar surface area (TPSA) is 70.2 Å². The van der Waals surface area contributed by atoms with Gasteiger partial charge in [-0.25, -0.2) is 8.42 Å². The molecule has 1 atom stereocenters. The Morgan fingerprint density at radius 1 is 1.27 bits per heavy atom. The van der Waals surface area contributed by atoms with E-state index >= 15 is 0 Å². The van der Waals surface area contributed by atoms with Crippen molar-refractivity contribution < 1.29 is 17.9 Å². The third-order valence-corrected chi connectivity index (χ3v) is 5.60. The molecule has 1 amide bonds. The van der Waals surface area contributed by atoms with Crippen LogP contribution in [0.5, 0.6) is 0 Å². The van der Waals surface area contributed by atoms with Crippen LogP contribution in [0.2, 0.25) is 0 Å². The molecule has 0 bridgehead atoms. The van der Waals surface area contributed by atoms with E-state index in [1.165, 1.54) is 10.6 Å². The van der Waals surface area contributed by atoms with Gasteiger partial charge in [0.25, 0.3) is 0 Å². The molecule has 2 rings (SSSR count). The Balaban J connectivity index is 1.83. The molecule has 2 heterocycles. The predicted molar refractivity (Wildman–Crippen MR) is 84.1 cm³/mol. The first-order chi connectivity index (χ1) is 10.4. The molecule has 1 unspecified atom stereocenters. The van der Waals surface area contributed by atoms with E-state index in [4.69, 9.17) is 4.74 Å². The van der Waals surface area contributed by atoms with Gasteiger partial charge in [0.05, 0.1) is 12.4 Å². The number of sulfonamides is 1. The van der Waals surface area contributed by atoms with Gasteiger partial charge in [-0.1, -0.05) is 0 Å². The van der Waals surface area contributed by atoms with Gasteiger partial charge in [-0.05, 0) is 19.9 Å². The lowest BCUT2D eigenvalue weighted by Gasteiger charge is -2.33. The van der Waals surface area contributed by atoms with E-state index in [1.54, 1.807) is 0 Å². The van der Waals surface area contributed by atoms with E-state index in [1.807, 2.05) is 11.9 Å². The fraction of sp³-hybridized carbons (Fsp3) is 0.929. The molecule has 7 nitrogen and oxygen atoms in total. The van der Waals surface area contributed by atoms with Crippen molar-refractivity contribution in [2.24, 2.45) is 0 Å². The van der Waals surface area contributed by atoms with Crippen molar-refractivity contribution >= 4 is 15.9 Å². The second-order valence-corrected chi connectivity index (χ2v) is 8.17. The summed E-state index contributed by atoms with van der Waals surface area (Å²) in [5, 5.41) is 0. The van der Waals surface area contributed by atoms with Crippen LogP contribution in [0.3, 0.4) is 0 Å². The summed E-state index contributed by atoms with van der Waals surface area (Å²) in [5.74, 6) is 0.0362. The van der Waals surface area contributed by atoms with E-state index in [0.717, 1.165) is 39.0 Å². The van der Waals surface area contributed by atoms with Gasteiger partial charge in [0.1, 0.15) is 0 Å². The average molecular weight is 333 g/mol. The van der Waals surface area contributed by atoms with Crippen LogP contribution in [0.25, 0.3) is 0 Å². The molecular weight excluding hydrogens is 306 g/mol. The SMILES string of the molecule is CN1CCN(C(=O)CCN(CC2CCCO2)S(C)(=O)=O)CC1. The summed E-state index contributed by atoms with van der Waals surface area (Å²) in [6.07, 6.45) is 3.26. The number of ether oxygens (including phenoxy) is 1. The molecule has 0 spiro atoms. The summed E-state index contributed by atoms with van der Waals surface area (Å²) in [4.78, 5) is 16.2. The number of hydrogen-bond acceptors (Lipinski definition) is 5. The van der Waals surface area contributed by atoms with E-state index < -0.39 is 10.0 Å². The molecule has 2 fully saturated rings. The van der Waals surface area contributed by atoms with Crippen LogP contribution in [-0.2, 0) is 19.6 Å². The van der Waals surface area contributed by atoms with Crippen molar-refractivity contribution in [1.82, 2.24) is 14.1 Å². The number of rotatable bonds is 6. The number of piperazine rings is 1. The van der Waals surface area contributed by atoms with Crippen molar-refractivity contribution in [3.05, 3.63) is 0 Å². The molecule has 0 aromatic carbocycles. The standard InChI is InChI=1S/C14H27N3O4S/c1-15-7-9-16(10-8-15)14(18)5-6-17(22(2,19)20)12-13-4-3-11-21-13/h13H,3-12H2,1-2H3. The number of carbonyl (C=O) groups excluding carboxylic acids is 1. The molecule has 2 aliphatic rings. The zero-order chi connectivity index (χ0) is 16.2. The lowest BCUT2D eigenvalue weighted by molar-refractivity contribution is -0.132. The zero-order valence-corrected chi connectivity index (χ0v) is 14.3. The molecule has 0 aromatic heterocycles. The fourth-order valence-electron chi connectivity index (χ4n) is 2.84. The highest BCUT2D eigenvalue weighted by molar-refractivity contribution is 7.88. The second kappa shape index (κ2) is 7.72. The Labute approximate surface area is 133 Å². The van der Waals surface area contributed by atoms with Crippen LogP contribution in [0.1, 0.15) is 19.3 Å². The Morgan fingerprint density at radius 2 is 1.95 bits per heavy atom. The normalized spacial score (nSPS) is 24.1. The molecule has 22 heavy (non-hydrogen) atoms. The average Bonchev–Trinajstić information content (AvgIpc) is 2.95. The third kappa shape index (κ3) is 5.19. The van der Waals surface area contributed by atoms with E-state index in [0.29, 0.717) is 13.2 Å². The summed E-state index contributed by atoms with van der Waals surface area (Å²) < 4.78 is 30.7. The zero-order valence-electron chi connectivity index (χ0n) is 13.5. The van der Waals surface area contributed by atoms with Gasteiger partial charge >= 0.3 is 0 Å². The van der Waals surface area contributed by atoms with Crippen LogP contribution < -0.4 is 0 Å². The van der Waals surface area contributed by atoms with Gasteiger partial charge in [-0.15, -0.1) is 0 Å². The number of amides is 1. The molecule has 0 saturated carbocycles. The van der Waals surface area contributed by atoms with E-state index in [2.05, 4.69) is 4.90 Å². The molecule has 0 aromatic rings.